The number of aryl methyl sites for hydroxylation is 2. The maximum absolute atomic E-state index is 2.58. The monoisotopic (exact) mass is 391 g/mol. The Labute approximate surface area is 177 Å². The van der Waals surface area contributed by atoms with Crippen LogP contribution in [0.5, 0.6) is 0 Å². The Hall–Kier alpha value is -0.790. The van der Waals surface area contributed by atoms with Crippen molar-refractivity contribution in [2.24, 2.45) is 0 Å². The van der Waals surface area contributed by atoms with E-state index >= 15 is 0 Å². The second kappa shape index (κ2) is 18.3. The molecule has 0 radical (unpaired) electrons. The van der Waals surface area contributed by atoms with Crippen LogP contribution in [0.1, 0.15) is 136 Å². The summed E-state index contributed by atoms with van der Waals surface area (Å²) in [4.78, 5) is 0. The molecule has 2 heteroatoms. The molecule has 0 bridgehead atoms. The summed E-state index contributed by atoms with van der Waals surface area (Å²) in [5, 5.41) is 0. The maximum atomic E-state index is 2.58. The van der Waals surface area contributed by atoms with Crippen molar-refractivity contribution in [1.29, 1.82) is 0 Å². The standard InChI is InChI=1S/C26H51N2/c1-4-7-10-13-14-15-16-17-20-23-28-25-24-27(22-19-12-9-6-3)26(28)21-18-11-8-5-2/h24-25H,4-23H2,1-3H3/q+1. The second-order valence-corrected chi connectivity index (χ2v) is 8.80. The molecule has 0 fully saturated rings. The van der Waals surface area contributed by atoms with E-state index in [2.05, 4.69) is 42.3 Å². The molecule has 1 aromatic heterocycles. The maximum Gasteiger partial charge on any atom is 0.256 e. The molecule has 164 valence electrons. The number of unbranched alkanes of at least 4 members (excludes halogenated alkanes) is 14. The van der Waals surface area contributed by atoms with Crippen LogP contribution in [0.15, 0.2) is 12.4 Å². The van der Waals surface area contributed by atoms with Crippen LogP contribution in [0.2, 0.25) is 0 Å². The lowest BCUT2D eigenvalue weighted by Crippen LogP contribution is -2.37. The minimum absolute atomic E-state index is 1.22. The highest BCUT2D eigenvalue weighted by Gasteiger charge is 2.16. The van der Waals surface area contributed by atoms with Crippen molar-refractivity contribution >= 4 is 0 Å². The van der Waals surface area contributed by atoms with E-state index in [4.69, 9.17) is 0 Å². The molecule has 0 amide bonds. The Bertz CT molecular complexity index is 449. The van der Waals surface area contributed by atoms with Gasteiger partial charge >= 0.3 is 0 Å². The van der Waals surface area contributed by atoms with E-state index in [1.54, 1.807) is 5.82 Å². The van der Waals surface area contributed by atoms with Gasteiger partial charge in [-0.15, -0.1) is 0 Å². The zero-order valence-corrected chi connectivity index (χ0v) is 19.7. The van der Waals surface area contributed by atoms with E-state index in [9.17, 15) is 0 Å². The first-order chi connectivity index (χ1) is 13.8. The molecular weight excluding hydrogens is 340 g/mol. The molecule has 0 aliphatic carbocycles. The van der Waals surface area contributed by atoms with E-state index in [-0.39, 0.29) is 0 Å². The van der Waals surface area contributed by atoms with Crippen molar-refractivity contribution in [2.45, 2.75) is 149 Å². The van der Waals surface area contributed by atoms with Crippen molar-refractivity contribution in [3.8, 4) is 0 Å². The SMILES string of the molecule is CCCCCCCCCCC[n+]1ccn(CCCCCC)c1CCCCCC. The highest BCUT2D eigenvalue weighted by atomic mass is 15.1. The summed E-state index contributed by atoms with van der Waals surface area (Å²) in [5.41, 5.74) is 0. The van der Waals surface area contributed by atoms with Crippen molar-refractivity contribution in [2.75, 3.05) is 0 Å². The number of imidazole rings is 1. The number of hydrogen-bond acceptors (Lipinski definition) is 0. The van der Waals surface area contributed by atoms with Crippen LogP contribution in [0.3, 0.4) is 0 Å². The average molecular weight is 392 g/mol. The first-order valence-corrected chi connectivity index (χ1v) is 12.9. The lowest BCUT2D eigenvalue weighted by atomic mass is 10.1. The summed E-state index contributed by atoms with van der Waals surface area (Å²) in [5.74, 6) is 1.59. The Morgan fingerprint density at radius 2 is 1.11 bits per heavy atom. The first-order valence-electron chi connectivity index (χ1n) is 12.9. The van der Waals surface area contributed by atoms with Gasteiger partial charge in [0.25, 0.3) is 5.82 Å². The quantitative estimate of drug-likeness (QED) is 0.157. The summed E-state index contributed by atoms with van der Waals surface area (Å²) >= 11 is 0. The van der Waals surface area contributed by atoms with E-state index in [1.807, 2.05) is 0 Å². The van der Waals surface area contributed by atoms with Gasteiger partial charge in [-0.05, 0) is 32.1 Å². The van der Waals surface area contributed by atoms with Gasteiger partial charge in [0.1, 0.15) is 12.4 Å². The fraction of sp³-hybridized carbons (Fsp3) is 0.885. The van der Waals surface area contributed by atoms with Gasteiger partial charge in [0, 0.05) is 6.42 Å². The molecule has 1 aromatic rings. The normalized spacial score (nSPS) is 11.4. The third kappa shape index (κ3) is 11.9. The largest absolute Gasteiger partial charge is 0.256 e. The molecule has 28 heavy (non-hydrogen) atoms. The summed E-state index contributed by atoms with van der Waals surface area (Å²) in [6.45, 7) is 9.34. The van der Waals surface area contributed by atoms with Crippen LogP contribution in [-0.2, 0) is 19.5 Å². The fourth-order valence-corrected chi connectivity index (χ4v) is 4.20. The molecular formula is C26H51N2+. The average Bonchev–Trinajstić information content (AvgIpc) is 3.09. The Kier molecular flexibility index (Phi) is 16.5. The highest BCUT2D eigenvalue weighted by Crippen LogP contribution is 2.11. The van der Waals surface area contributed by atoms with E-state index in [1.165, 1.54) is 129 Å². The van der Waals surface area contributed by atoms with Gasteiger partial charge in [0.15, 0.2) is 0 Å². The van der Waals surface area contributed by atoms with Crippen LogP contribution in [0.25, 0.3) is 0 Å². The number of aromatic nitrogens is 2. The van der Waals surface area contributed by atoms with E-state index in [0.717, 1.165) is 0 Å². The summed E-state index contributed by atoms with van der Waals surface area (Å²) < 4.78 is 5.14. The molecule has 2 nitrogen and oxygen atoms in total. The Morgan fingerprint density at radius 1 is 0.607 bits per heavy atom. The van der Waals surface area contributed by atoms with Crippen LogP contribution >= 0.6 is 0 Å². The van der Waals surface area contributed by atoms with Crippen molar-refractivity contribution < 1.29 is 4.57 Å². The van der Waals surface area contributed by atoms with Crippen molar-refractivity contribution in [1.82, 2.24) is 4.57 Å². The van der Waals surface area contributed by atoms with Crippen LogP contribution in [0.4, 0.5) is 0 Å². The topological polar surface area (TPSA) is 8.81 Å². The van der Waals surface area contributed by atoms with E-state index in [0.29, 0.717) is 0 Å². The Balaban J connectivity index is 2.35. The van der Waals surface area contributed by atoms with Crippen LogP contribution in [0, 0.1) is 0 Å². The molecule has 0 unspecified atom stereocenters. The number of nitrogens with zero attached hydrogens (tertiary/aromatic N) is 2. The Morgan fingerprint density at radius 3 is 1.71 bits per heavy atom. The van der Waals surface area contributed by atoms with Gasteiger partial charge in [-0.2, -0.15) is 0 Å². The van der Waals surface area contributed by atoms with Crippen LogP contribution in [-0.4, -0.2) is 4.57 Å². The summed E-state index contributed by atoms with van der Waals surface area (Å²) in [7, 11) is 0. The van der Waals surface area contributed by atoms with Gasteiger partial charge in [-0.3, -0.25) is 0 Å². The second-order valence-electron chi connectivity index (χ2n) is 8.80. The summed E-state index contributed by atoms with van der Waals surface area (Å²) in [6, 6.07) is 0. The van der Waals surface area contributed by atoms with E-state index < -0.39 is 0 Å². The smallest absolute Gasteiger partial charge is 0.234 e. The molecule has 1 rings (SSSR count). The van der Waals surface area contributed by atoms with Gasteiger partial charge in [-0.1, -0.05) is 97.8 Å². The fourth-order valence-electron chi connectivity index (χ4n) is 4.20. The van der Waals surface area contributed by atoms with Crippen LogP contribution < -0.4 is 4.57 Å². The van der Waals surface area contributed by atoms with Gasteiger partial charge < -0.3 is 0 Å². The number of hydrogen-bond donors (Lipinski definition) is 0. The molecule has 0 aromatic carbocycles. The van der Waals surface area contributed by atoms with Gasteiger partial charge in [0.05, 0.1) is 13.1 Å². The molecule has 1 heterocycles. The molecule has 0 saturated heterocycles. The summed E-state index contributed by atoms with van der Waals surface area (Å²) in [6.07, 6.45) is 29.6. The lowest BCUT2D eigenvalue weighted by molar-refractivity contribution is -0.704. The third-order valence-electron chi connectivity index (χ3n) is 6.10. The molecule has 0 aliphatic rings. The molecule has 0 spiro atoms. The van der Waals surface area contributed by atoms with Crippen molar-refractivity contribution in [3.63, 3.8) is 0 Å². The molecule has 0 saturated carbocycles. The first kappa shape index (κ1) is 25.2. The predicted molar refractivity (Wildman–Crippen MR) is 124 cm³/mol. The predicted octanol–water partition coefficient (Wildman–Crippen LogP) is 8.01. The molecule has 0 N–H and O–H groups in total. The highest BCUT2D eigenvalue weighted by molar-refractivity contribution is 4.84. The number of rotatable bonds is 20. The third-order valence-corrected chi connectivity index (χ3v) is 6.10. The minimum atomic E-state index is 1.22. The van der Waals surface area contributed by atoms with Gasteiger partial charge in [0.2, 0.25) is 0 Å². The molecule has 0 atom stereocenters. The van der Waals surface area contributed by atoms with Crippen molar-refractivity contribution in [3.05, 3.63) is 18.2 Å². The lowest BCUT2D eigenvalue weighted by Gasteiger charge is -2.06. The van der Waals surface area contributed by atoms with Gasteiger partial charge in [-0.25, -0.2) is 9.13 Å². The zero-order chi connectivity index (χ0) is 20.3. The molecule has 0 aliphatic heterocycles. The minimum Gasteiger partial charge on any atom is -0.234 e. The zero-order valence-electron chi connectivity index (χ0n) is 19.7.